The summed E-state index contributed by atoms with van der Waals surface area (Å²) in [7, 11) is 0. The largest absolute Gasteiger partial charge is 0.272 e. The van der Waals surface area contributed by atoms with Crippen LogP contribution in [0.5, 0.6) is 0 Å². The van der Waals surface area contributed by atoms with E-state index < -0.39 is 0 Å². The molecule has 1 N–H and O–H groups in total. The van der Waals surface area contributed by atoms with Crippen molar-refractivity contribution in [3.63, 3.8) is 0 Å². The van der Waals surface area contributed by atoms with Crippen LogP contribution in [-0.2, 0) is 0 Å². The van der Waals surface area contributed by atoms with Crippen molar-refractivity contribution in [1.82, 2.24) is 10.4 Å². The summed E-state index contributed by atoms with van der Waals surface area (Å²) in [5.41, 5.74) is 6.32. The van der Waals surface area contributed by atoms with Gasteiger partial charge in [0.1, 0.15) is 0 Å². The van der Waals surface area contributed by atoms with E-state index in [1.165, 1.54) is 6.21 Å². The molecule has 0 radical (unpaired) electrons. The topological polar surface area (TPSA) is 78.1 Å². The van der Waals surface area contributed by atoms with Gasteiger partial charge < -0.3 is 0 Å². The number of hydrogen-bond acceptors (Lipinski definition) is 4. The number of hydrogen-bond donors (Lipinski definition) is 1. The molecular weight excluding hydrogens is 431 g/mol. The number of para-hydroxylation sites is 1. The summed E-state index contributed by atoms with van der Waals surface area (Å²) in [6, 6.07) is 23.2. The van der Waals surface area contributed by atoms with E-state index in [0.717, 1.165) is 11.1 Å². The molecule has 0 atom stereocenters. The number of nitrogens with zero attached hydrogens (tertiary/aromatic N) is 3. The molecule has 0 aliphatic rings. The Morgan fingerprint density at radius 3 is 2.52 bits per heavy atom. The van der Waals surface area contributed by atoms with Crippen LogP contribution in [0.1, 0.15) is 21.5 Å². The molecule has 0 aliphatic carbocycles. The van der Waals surface area contributed by atoms with Crippen molar-refractivity contribution in [2.24, 2.45) is 5.10 Å². The number of rotatable bonds is 4. The Kier molecular flexibility index (Phi) is 5.94. The highest BCUT2D eigenvalue weighted by atomic mass is 35.5. The number of hydrazone groups is 1. The van der Waals surface area contributed by atoms with E-state index in [1.807, 2.05) is 24.3 Å². The Balaban J connectivity index is 1.66. The number of nitriles is 1. The van der Waals surface area contributed by atoms with Crippen LogP contribution in [0.4, 0.5) is 0 Å². The van der Waals surface area contributed by atoms with E-state index in [4.69, 9.17) is 28.5 Å². The number of aromatic nitrogens is 1. The molecule has 150 valence electrons. The number of carbonyl (C=O) groups excluding carboxylic acids is 1. The van der Waals surface area contributed by atoms with Gasteiger partial charge in [0.2, 0.25) is 0 Å². The Hall–Kier alpha value is -3.72. The molecule has 5 nitrogen and oxygen atoms in total. The maximum absolute atomic E-state index is 12.9. The van der Waals surface area contributed by atoms with E-state index in [-0.39, 0.29) is 5.91 Å². The van der Waals surface area contributed by atoms with Crippen LogP contribution in [0.3, 0.4) is 0 Å². The lowest BCUT2D eigenvalue weighted by Gasteiger charge is -2.09. The van der Waals surface area contributed by atoms with Crippen LogP contribution in [0, 0.1) is 11.3 Å². The van der Waals surface area contributed by atoms with Crippen LogP contribution in [0.2, 0.25) is 10.0 Å². The predicted octanol–water partition coefficient (Wildman–Crippen LogP) is 5.84. The molecule has 3 aromatic carbocycles. The van der Waals surface area contributed by atoms with Gasteiger partial charge in [-0.2, -0.15) is 10.4 Å². The van der Waals surface area contributed by atoms with Gasteiger partial charge in [-0.15, -0.1) is 0 Å². The first-order chi connectivity index (χ1) is 15.0. The Morgan fingerprint density at radius 1 is 1.00 bits per heavy atom. The molecule has 31 heavy (non-hydrogen) atoms. The zero-order chi connectivity index (χ0) is 21.8. The number of pyridine rings is 1. The van der Waals surface area contributed by atoms with E-state index in [9.17, 15) is 4.79 Å². The van der Waals surface area contributed by atoms with Crippen LogP contribution in [-0.4, -0.2) is 17.1 Å². The van der Waals surface area contributed by atoms with Gasteiger partial charge in [0, 0.05) is 10.9 Å². The molecule has 0 saturated heterocycles. The molecule has 0 fully saturated rings. The minimum atomic E-state index is -0.371. The van der Waals surface area contributed by atoms with E-state index >= 15 is 0 Å². The molecule has 0 bridgehead atoms. The molecule has 4 aromatic rings. The minimum Gasteiger partial charge on any atom is -0.267 e. The summed E-state index contributed by atoms with van der Waals surface area (Å²) in [6.07, 6.45) is 1.52. The van der Waals surface area contributed by atoms with Gasteiger partial charge >= 0.3 is 0 Å². The van der Waals surface area contributed by atoms with Crippen molar-refractivity contribution in [2.45, 2.75) is 0 Å². The van der Waals surface area contributed by atoms with Gasteiger partial charge in [0.15, 0.2) is 0 Å². The molecule has 1 aromatic heterocycles. The Labute approximate surface area is 188 Å². The third-order valence-corrected chi connectivity index (χ3v) is 5.33. The third-order valence-electron chi connectivity index (χ3n) is 4.60. The quantitative estimate of drug-likeness (QED) is 0.317. The second kappa shape index (κ2) is 8.97. The van der Waals surface area contributed by atoms with Gasteiger partial charge in [0.05, 0.1) is 44.7 Å². The Bertz CT molecular complexity index is 1360. The van der Waals surface area contributed by atoms with Crippen LogP contribution in [0.15, 0.2) is 77.9 Å². The summed E-state index contributed by atoms with van der Waals surface area (Å²) in [5, 5.41) is 14.5. The van der Waals surface area contributed by atoms with Crippen molar-refractivity contribution >= 4 is 46.2 Å². The Morgan fingerprint density at radius 2 is 1.77 bits per heavy atom. The second-order valence-corrected chi connectivity index (χ2v) is 7.45. The van der Waals surface area contributed by atoms with Crippen LogP contribution >= 0.6 is 23.2 Å². The molecule has 1 amide bonds. The lowest BCUT2D eigenvalue weighted by molar-refractivity contribution is 0.0956. The smallest absolute Gasteiger partial charge is 0.267 e. The van der Waals surface area contributed by atoms with Crippen molar-refractivity contribution in [2.75, 3.05) is 0 Å². The number of carbonyl (C=O) groups is 1. The van der Waals surface area contributed by atoms with Gasteiger partial charge in [-0.1, -0.05) is 59.6 Å². The molecule has 0 unspecified atom stereocenters. The van der Waals surface area contributed by atoms with Gasteiger partial charge in [0.25, 0.3) is 5.91 Å². The normalized spacial score (nSPS) is 10.9. The van der Waals surface area contributed by atoms with Crippen molar-refractivity contribution in [3.05, 3.63) is 99.5 Å². The highest BCUT2D eigenvalue weighted by molar-refractivity contribution is 6.42. The highest BCUT2D eigenvalue weighted by Crippen LogP contribution is 2.30. The molecule has 0 spiro atoms. The van der Waals surface area contributed by atoms with Crippen LogP contribution < -0.4 is 5.43 Å². The lowest BCUT2D eigenvalue weighted by atomic mass is 10.0. The number of halogens is 2. The monoisotopic (exact) mass is 444 g/mol. The first kappa shape index (κ1) is 20.5. The highest BCUT2D eigenvalue weighted by Gasteiger charge is 2.14. The summed E-state index contributed by atoms with van der Waals surface area (Å²) >= 11 is 12.2. The van der Waals surface area contributed by atoms with Crippen molar-refractivity contribution in [1.29, 1.82) is 5.26 Å². The fraction of sp³-hybridized carbons (Fsp3) is 0. The summed E-state index contributed by atoms with van der Waals surface area (Å²) in [6.45, 7) is 0. The van der Waals surface area contributed by atoms with Gasteiger partial charge in [-0.3, -0.25) is 4.79 Å². The summed E-state index contributed by atoms with van der Waals surface area (Å²) in [5.74, 6) is -0.371. The van der Waals surface area contributed by atoms with E-state index in [2.05, 4.69) is 21.6 Å². The van der Waals surface area contributed by atoms with Crippen LogP contribution in [0.25, 0.3) is 22.2 Å². The zero-order valence-corrected chi connectivity index (χ0v) is 17.5. The SMILES string of the molecule is N#Cc1ccc(/C=N\NC(=O)c2cc(-c3ccc(Cl)c(Cl)c3)nc3ccccc23)cc1. The van der Waals surface area contributed by atoms with Gasteiger partial charge in [-0.05, 0) is 42.0 Å². The third kappa shape index (κ3) is 4.56. The first-order valence-corrected chi connectivity index (χ1v) is 9.99. The maximum Gasteiger partial charge on any atom is 0.272 e. The van der Waals surface area contributed by atoms with Crippen molar-refractivity contribution in [3.8, 4) is 17.3 Å². The molecular formula is C24H14Cl2N4O. The first-order valence-electron chi connectivity index (χ1n) is 9.24. The molecule has 4 rings (SSSR count). The van der Waals surface area contributed by atoms with E-state index in [0.29, 0.717) is 37.8 Å². The van der Waals surface area contributed by atoms with Crippen molar-refractivity contribution < 1.29 is 4.79 Å². The molecule has 0 saturated carbocycles. The lowest BCUT2D eigenvalue weighted by Crippen LogP contribution is -2.18. The average Bonchev–Trinajstić information content (AvgIpc) is 2.80. The summed E-state index contributed by atoms with van der Waals surface area (Å²) in [4.78, 5) is 17.6. The molecule has 1 heterocycles. The standard InChI is InChI=1S/C24H14Cl2N4O/c25-20-10-9-17(11-21(20)26)23-12-19(18-3-1-2-4-22(18)29-23)24(31)30-28-14-16-7-5-15(13-27)6-8-16/h1-12,14H,(H,30,31)/b28-14-. The number of fused-ring (bicyclic) bond motifs is 1. The zero-order valence-electron chi connectivity index (χ0n) is 16.0. The fourth-order valence-electron chi connectivity index (χ4n) is 3.04. The fourth-order valence-corrected chi connectivity index (χ4v) is 3.33. The molecule has 0 aliphatic heterocycles. The summed E-state index contributed by atoms with van der Waals surface area (Å²) < 4.78 is 0. The minimum absolute atomic E-state index is 0.371. The number of amides is 1. The van der Waals surface area contributed by atoms with Gasteiger partial charge in [-0.25, -0.2) is 10.4 Å². The second-order valence-electron chi connectivity index (χ2n) is 6.63. The molecule has 7 heteroatoms. The average molecular weight is 445 g/mol. The van der Waals surface area contributed by atoms with E-state index in [1.54, 1.807) is 48.5 Å². The predicted molar refractivity (Wildman–Crippen MR) is 123 cm³/mol. The number of benzene rings is 3. The number of nitrogens with one attached hydrogen (secondary N) is 1. The maximum atomic E-state index is 12.9.